The highest BCUT2D eigenvalue weighted by Crippen LogP contribution is 2.39. The number of fused-ring (bicyclic) bond motifs is 1. The van der Waals surface area contributed by atoms with Gasteiger partial charge in [0.05, 0.1) is 11.1 Å². The molecule has 1 aliphatic heterocycles. The van der Waals surface area contributed by atoms with Crippen LogP contribution in [0.4, 0.5) is 27.6 Å². The number of nitrogens with zero attached hydrogens (tertiary/aromatic N) is 1. The van der Waals surface area contributed by atoms with E-state index in [0.717, 1.165) is 44.1 Å². The minimum absolute atomic E-state index is 0.00159. The van der Waals surface area contributed by atoms with Gasteiger partial charge in [0.15, 0.2) is 0 Å². The lowest BCUT2D eigenvalue weighted by Crippen LogP contribution is -2.35. The molecule has 3 aromatic rings. The SMILES string of the molecule is O=S(=O)(c1ccccc1C(F)(F)F)n1cc(C(F)F)c2c(NC3CCNCC3)cccc21. The first-order valence-electron chi connectivity index (χ1n) is 9.92. The largest absolute Gasteiger partial charge is 0.417 e. The molecule has 0 amide bonds. The van der Waals surface area contributed by atoms with Crippen LogP contribution >= 0.6 is 0 Å². The average molecular weight is 473 g/mol. The van der Waals surface area contributed by atoms with Crippen molar-refractivity contribution >= 4 is 26.6 Å². The van der Waals surface area contributed by atoms with E-state index in [-0.39, 0.29) is 16.9 Å². The van der Waals surface area contributed by atoms with Gasteiger partial charge in [0.1, 0.15) is 4.90 Å². The number of rotatable bonds is 5. The fourth-order valence-corrected chi connectivity index (χ4v) is 5.58. The van der Waals surface area contributed by atoms with Crippen LogP contribution in [0.3, 0.4) is 0 Å². The van der Waals surface area contributed by atoms with Gasteiger partial charge in [-0.1, -0.05) is 18.2 Å². The van der Waals surface area contributed by atoms with Crippen molar-refractivity contribution in [2.75, 3.05) is 18.4 Å². The summed E-state index contributed by atoms with van der Waals surface area (Å²) in [5.41, 5.74) is -1.71. The Morgan fingerprint density at radius 2 is 1.72 bits per heavy atom. The Bertz CT molecular complexity index is 1230. The van der Waals surface area contributed by atoms with Gasteiger partial charge in [0, 0.05) is 28.9 Å². The van der Waals surface area contributed by atoms with Gasteiger partial charge in [-0.25, -0.2) is 21.2 Å². The molecule has 32 heavy (non-hydrogen) atoms. The molecule has 2 aromatic carbocycles. The highest BCUT2D eigenvalue weighted by atomic mass is 32.2. The molecular weight excluding hydrogens is 453 g/mol. The second-order valence-corrected chi connectivity index (χ2v) is 9.33. The predicted molar refractivity (Wildman–Crippen MR) is 110 cm³/mol. The maximum Gasteiger partial charge on any atom is 0.417 e. The lowest BCUT2D eigenvalue weighted by molar-refractivity contribution is -0.139. The van der Waals surface area contributed by atoms with Crippen molar-refractivity contribution in [3.05, 3.63) is 59.8 Å². The molecule has 2 heterocycles. The zero-order chi connectivity index (χ0) is 23.1. The van der Waals surface area contributed by atoms with Crippen LogP contribution in [0.2, 0.25) is 0 Å². The molecule has 0 unspecified atom stereocenters. The van der Waals surface area contributed by atoms with E-state index in [1.165, 1.54) is 12.1 Å². The van der Waals surface area contributed by atoms with Crippen LogP contribution in [0.15, 0.2) is 53.6 Å². The van der Waals surface area contributed by atoms with E-state index in [1.807, 2.05) is 0 Å². The Hall–Kier alpha value is -2.66. The Kier molecular flexibility index (Phi) is 5.89. The van der Waals surface area contributed by atoms with Gasteiger partial charge in [-0.2, -0.15) is 13.2 Å². The molecule has 0 aliphatic carbocycles. The van der Waals surface area contributed by atoms with E-state index in [0.29, 0.717) is 21.9 Å². The first-order valence-corrected chi connectivity index (χ1v) is 11.4. The lowest BCUT2D eigenvalue weighted by atomic mass is 10.0. The zero-order valence-corrected chi connectivity index (χ0v) is 17.5. The topological polar surface area (TPSA) is 63.1 Å². The van der Waals surface area contributed by atoms with Crippen molar-refractivity contribution in [1.29, 1.82) is 0 Å². The van der Waals surface area contributed by atoms with Gasteiger partial charge >= 0.3 is 6.18 Å². The summed E-state index contributed by atoms with van der Waals surface area (Å²) < 4.78 is 95.2. The Morgan fingerprint density at radius 3 is 2.38 bits per heavy atom. The number of benzene rings is 2. The molecule has 2 N–H and O–H groups in total. The van der Waals surface area contributed by atoms with Crippen molar-refractivity contribution in [3.63, 3.8) is 0 Å². The molecule has 172 valence electrons. The summed E-state index contributed by atoms with van der Waals surface area (Å²) in [5, 5.41) is 6.37. The summed E-state index contributed by atoms with van der Waals surface area (Å²) >= 11 is 0. The molecule has 0 spiro atoms. The Balaban J connectivity index is 1.90. The van der Waals surface area contributed by atoms with Crippen LogP contribution in [-0.4, -0.2) is 31.5 Å². The molecule has 11 heteroatoms. The maximum absolute atomic E-state index is 13.9. The fourth-order valence-electron chi connectivity index (χ4n) is 3.99. The van der Waals surface area contributed by atoms with Gasteiger partial charge in [-0.05, 0) is 50.2 Å². The molecule has 1 fully saturated rings. The highest BCUT2D eigenvalue weighted by Gasteiger charge is 2.38. The second-order valence-electron chi connectivity index (χ2n) is 7.55. The number of anilines is 1. The van der Waals surface area contributed by atoms with E-state index in [4.69, 9.17) is 0 Å². The van der Waals surface area contributed by atoms with E-state index in [9.17, 15) is 30.4 Å². The minimum Gasteiger partial charge on any atom is -0.382 e. The number of hydrogen-bond donors (Lipinski definition) is 2. The smallest absolute Gasteiger partial charge is 0.382 e. The van der Waals surface area contributed by atoms with Crippen LogP contribution in [0.1, 0.15) is 30.4 Å². The normalized spacial score (nSPS) is 16.1. The number of aromatic nitrogens is 1. The van der Waals surface area contributed by atoms with Crippen molar-refractivity contribution in [2.24, 2.45) is 0 Å². The molecule has 1 saturated heterocycles. The molecule has 4 rings (SSSR count). The standard InChI is InChI=1S/C21H20F5N3O2S/c22-20(23)14-12-29(32(30,31)18-7-2-1-4-15(18)21(24,25)26)17-6-3-5-16(19(14)17)28-13-8-10-27-11-9-13/h1-7,12-13,20,27-28H,8-11H2. The third-order valence-corrected chi connectivity index (χ3v) is 7.22. The number of piperidine rings is 1. The van der Waals surface area contributed by atoms with Gasteiger partial charge in [-0.3, -0.25) is 0 Å². The van der Waals surface area contributed by atoms with Crippen LogP contribution in [0.5, 0.6) is 0 Å². The monoisotopic (exact) mass is 473 g/mol. The molecule has 1 aromatic heterocycles. The third-order valence-electron chi connectivity index (χ3n) is 5.49. The molecule has 0 radical (unpaired) electrons. The van der Waals surface area contributed by atoms with Crippen LogP contribution in [-0.2, 0) is 16.2 Å². The van der Waals surface area contributed by atoms with Crippen molar-refractivity contribution in [2.45, 2.75) is 36.4 Å². The summed E-state index contributed by atoms with van der Waals surface area (Å²) in [6, 6.07) is 8.06. The lowest BCUT2D eigenvalue weighted by Gasteiger charge is -2.25. The van der Waals surface area contributed by atoms with Crippen molar-refractivity contribution < 1.29 is 30.4 Å². The number of alkyl halides is 5. The van der Waals surface area contributed by atoms with E-state index < -0.39 is 38.6 Å². The van der Waals surface area contributed by atoms with E-state index >= 15 is 0 Å². The Labute approximate surface area is 181 Å². The van der Waals surface area contributed by atoms with E-state index in [2.05, 4.69) is 10.6 Å². The first-order chi connectivity index (χ1) is 15.1. The quantitative estimate of drug-likeness (QED) is 0.512. The second kappa shape index (κ2) is 8.36. The predicted octanol–water partition coefficient (Wildman–Crippen LogP) is 5.00. The number of hydrogen-bond acceptors (Lipinski definition) is 4. The highest BCUT2D eigenvalue weighted by molar-refractivity contribution is 7.90. The molecule has 1 aliphatic rings. The summed E-state index contributed by atoms with van der Waals surface area (Å²) in [5.74, 6) is 0. The van der Waals surface area contributed by atoms with Gasteiger partial charge in [-0.15, -0.1) is 0 Å². The maximum atomic E-state index is 13.9. The van der Waals surface area contributed by atoms with Gasteiger partial charge < -0.3 is 10.6 Å². The molecule has 0 saturated carbocycles. The molecular formula is C21H20F5N3O2S. The van der Waals surface area contributed by atoms with Crippen LogP contribution in [0, 0.1) is 0 Å². The van der Waals surface area contributed by atoms with Crippen LogP contribution < -0.4 is 10.6 Å². The third kappa shape index (κ3) is 4.06. The van der Waals surface area contributed by atoms with Gasteiger partial charge in [0.25, 0.3) is 16.4 Å². The summed E-state index contributed by atoms with van der Waals surface area (Å²) in [7, 11) is -4.82. The number of halogens is 5. The first kappa shape index (κ1) is 22.5. The number of nitrogens with one attached hydrogen (secondary N) is 2. The van der Waals surface area contributed by atoms with Gasteiger partial charge in [0.2, 0.25) is 0 Å². The van der Waals surface area contributed by atoms with Crippen molar-refractivity contribution in [3.8, 4) is 0 Å². The summed E-state index contributed by atoms with van der Waals surface area (Å²) in [4.78, 5) is -0.998. The molecule has 5 nitrogen and oxygen atoms in total. The summed E-state index contributed by atoms with van der Waals surface area (Å²) in [6.45, 7) is 1.50. The Morgan fingerprint density at radius 1 is 1.03 bits per heavy atom. The zero-order valence-electron chi connectivity index (χ0n) is 16.7. The molecule has 0 bridgehead atoms. The van der Waals surface area contributed by atoms with Crippen LogP contribution in [0.25, 0.3) is 10.9 Å². The minimum atomic E-state index is -4.93. The van der Waals surface area contributed by atoms with Crippen molar-refractivity contribution in [1.82, 2.24) is 9.29 Å². The fraction of sp³-hybridized carbons (Fsp3) is 0.333. The average Bonchev–Trinajstić information content (AvgIpc) is 3.16. The molecule has 0 atom stereocenters. The van der Waals surface area contributed by atoms with E-state index in [1.54, 1.807) is 6.07 Å². The summed E-state index contributed by atoms with van der Waals surface area (Å²) in [6.07, 6.45) is -5.75.